The van der Waals surface area contributed by atoms with Crippen LogP contribution in [0.25, 0.3) is 11.1 Å². The second kappa shape index (κ2) is 9.13. The van der Waals surface area contributed by atoms with Crippen LogP contribution in [-0.4, -0.2) is 25.2 Å². The van der Waals surface area contributed by atoms with Crippen LogP contribution in [0, 0.1) is 6.92 Å². The van der Waals surface area contributed by atoms with Crippen molar-refractivity contribution in [1.29, 1.82) is 0 Å². The van der Waals surface area contributed by atoms with E-state index in [1.54, 1.807) is 0 Å². The fourth-order valence-electron chi connectivity index (χ4n) is 3.30. The Balaban J connectivity index is 1.76. The fraction of sp³-hybridized carbons (Fsp3) is 0.208. The molecule has 0 saturated carbocycles. The molecule has 30 heavy (non-hydrogen) atoms. The highest BCUT2D eigenvalue weighted by atomic mass is 32.2. The Morgan fingerprint density at radius 2 is 1.67 bits per heavy atom. The van der Waals surface area contributed by atoms with Crippen LogP contribution in [0.5, 0.6) is 5.75 Å². The van der Waals surface area contributed by atoms with Crippen LogP contribution in [0.1, 0.15) is 23.6 Å². The van der Waals surface area contributed by atoms with Crippen molar-refractivity contribution in [1.82, 2.24) is 0 Å². The number of aryl methyl sites for hydroxylation is 2. The van der Waals surface area contributed by atoms with Crippen LogP contribution in [-0.2, 0) is 27.7 Å². The quantitative estimate of drug-likeness (QED) is 0.569. The van der Waals surface area contributed by atoms with E-state index < -0.39 is 21.6 Å². The molecule has 0 atom stereocenters. The lowest BCUT2D eigenvalue weighted by atomic mass is 9.93. The number of carboxylic acids is 1. The Labute approximate surface area is 176 Å². The Morgan fingerprint density at radius 1 is 0.967 bits per heavy atom. The molecule has 0 aromatic heterocycles. The summed E-state index contributed by atoms with van der Waals surface area (Å²) in [5.41, 5.74) is 5.87. The summed E-state index contributed by atoms with van der Waals surface area (Å²) in [4.78, 5) is 10.7. The predicted molar refractivity (Wildman–Crippen MR) is 116 cm³/mol. The average Bonchev–Trinajstić information content (AvgIpc) is 2.72. The lowest BCUT2D eigenvalue weighted by Gasteiger charge is -2.13. The Morgan fingerprint density at radius 3 is 2.33 bits per heavy atom. The number of hydrogen-bond acceptors (Lipinski definition) is 4. The number of hydrogen-bond donors (Lipinski definition) is 1. The topological polar surface area (TPSA) is 80.7 Å². The third-order valence-corrected chi connectivity index (χ3v) is 6.51. The molecule has 5 nitrogen and oxygen atoms in total. The molecule has 0 heterocycles. The minimum Gasteiger partial charge on any atom is -0.489 e. The number of sulfone groups is 1. The van der Waals surface area contributed by atoms with Crippen molar-refractivity contribution >= 4 is 15.8 Å². The van der Waals surface area contributed by atoms with E-state index >= 15 is 0 Å². The summed E-state index contributed by atoms with van der Waals surface area (Å²) in [5, 5.41) is 8.73. The van der Waals surface area contributed by atoms with Crippen molar-refractivity contribution in [3.63, 3.8) is 0 Å². The molecular formula is C24H24O5S. The summed E-state index contributed by atoms with van der Waals surface area (Å²) in [6, 6.07) is 20.4. The van der Waals surface area contributed by atoms with Gasteiger partial charge in [0.05, 0.1) is 4.90 Å². The molecule has 0 unspecified atom stereocenters. The summed E-state index contributed by atoms with van der Waals surface area (Å²) >= 11 is 0. The predicted octanol–water partition coefficient (Wildman–Crippen LogP) is 4.66. The molecule has 6 heteroatoms. The monoisotopic (exact) mass is 424 g/mol. The highest BCUT2D eigenvalue weighted by Crippen LogP contribution is 2.29. The maximum Gasteiger partial charge on any atom is 0.319 e. The normalized spacial score (nSPS) is 11.3. The maximum atomic E-state index is 12.0. The van der Waals surface area contributed by atoms with Crippen LogP contribution < -0.4 is 4.74 Å². The van der Waals surface area contributed by atoms with Crippen molar-refractivity contribution in [2.75, 3.05) is 5.75 Å². The first-order chi connectivity index (χ1) is 14.3. The van der Waals surface area contributed by atoms with E-state index in [0.29, 0.717) is 12.4 Å². The van der Waals surface area contributed by atoms with Crippen LogP contribution in [0.3, 0.4) is 0 Å². The minimum atomic E-state index is -3.85. The third-order valence-electron chi connectivity index (χ3n) is 4.89. The highest BCUT2D eigenvalue weighted by molar-refractivity contribution is 7.92. The summed E-state index contributed by atoms with van der Waals surface area (Å²) in [5.74, 6) is -1.80. The summed E-state index contributed by atoms with van der Waals surface area (Å²) in [6.45, 7) is 4.56. The van der Waals surface area contributed by atoms with Gasteiger partial charge in [0.2, 0.25) is 0 Å². The van der Waals surface area contributed by atoms with Crippen molar-refractivity contribution in [3.05, 3.63) is 83.4 Å². The third kappa shape index (κ3) is 5.07. The van der Waals surface area contributed by atoms with Gasteiger partial charge in [0, 0.05) is 0 Å². The van der Waals surface area contributed by atoms with E-state index in [1.165, 1.54) is 46.5 Å². The molecule has 1 N–H and O–H groups in total. The van der Waals surface area contributed by atoms with Gasteiger partial charge in [-0.15, -0.1) is 0 Å². The molecule has 0 aliphatic carbocycles. The molecule has 3 aromatic rings. The molecule has 0 radical (unpaired) electrons. The SMILES string of the molecule is CCc1ccccc1-c1cc(COc2ccc(S(=O)(=O)CC(=O)O)cc2)ccc1C. The molecule has 156 valence electrons. The molecule has 0 aliphatic heterocycles. The Bertz CT molecular complexity index is 1150. The Kier molecular flexibility index (Phi) is 6.57. The summed E-state index contributed by atoms with van der Waals surface area (Å²) in [6.07, 6.45) is 0.952. The molecular weight excluding hydrogens is 400 g/mol. The van der Waals surface area contributed by atoms with Crippen molar-refractivity contribution in [2.24, 2.45) is 0 Å². The van der Waals surface area contributed by atoms with Gasteiger partial charge in [0.25, 0.3) is 0 Å². The Hall–Kier alpha value is -3.12. The number of rotatable bonds is 8. The first-order valence-electron chi connectivity index (χ1n) is 9.65. The number of carbonyl (C=O) groups is 1. The van der Waals surface area contributed by atoms with Crippen LogP contribution >= 0.6 is 0 Å². The van der Waals surface area contributed by atoms with Gasteiger partial charge in [-0.3, -0.25) is 4.79 Å². The van der Waals surface area contributed by atoms with Crippen molar-refractivity contribution < 1.29 is 23.1 Å². The second-order valence-corrected chi connectivity index (χ2v) is 9.06. The van der Waals surface area contributed by atoms with E-state index in [2.05, 4.69) is 38.1 Å². The van der Waals surface area contributed by atoms with E-state index in [0.717, 1.165) is 12.0 Å². The molecule has 0 fully saturated rings. The van der Waals surface area contributed by atoms with Crippen LogP contribution in [0.2, 0.25) is 0 Å². The first kappa shape index (κ1) is 21.6. The maximum absolute atomic E-state index is 12.0. The number of carboxylic acid groups (broad SMARTS) is 1. The molecule has 0 saturated heterocycles. The van der Waals surface area contributed by atoms with Gasteiger partial charge in [-0.2, -0.15) is 0 Å². The highest BCUT2D eigenvalue weighted by Gasteiger charge is 2.18. The van der Waals surface area contributed by atoms with Gasteiger partial charge in [0.1, 0.15) is 12.4 Å². The van der Waals surface area contributed by atoms with Gasteiger partial charge in [-0.25, -0.2) is 8.42 Å². The molecule has 0 amide bonds. The zero-order chi connectivity index (χ0) is 21.7. The van der Waals surface area contributed by atoms with Gasteiger partial charge in [-0.1, -0.05) is 43.3 Å². The zero-order valence-electron chi connectivity index (χ0n) is 17.0. The van der Waals surface area contributed by atoms with Gasteiger partial charge in [0.15, 0.2) is 15.6 Å². The van der Waals surface area contributed by atoms with E-state index in [1.807, 2.05) is 18.2 Å². The smallest absolute Gasteiger partial charge is 0.319 e. The largest absolute Gasteiger partial charge is 0.489 e. The molecule has 0 aliphatic rings. The lowest BCUT2D eigenvalue weighted by molar-refractivity contribution is -0.134. The van der Waals surface area contributed by atoms with Gasteiger partial charge < -0.3 is 9.84 Å². The van der Waals surface area contributed by atoms with E-state index in [9.17, 15) is 13.2 Å². The second-order valence-electron chi connectivity index (χ2n) is 7.07. The standard InChI is InChI=1S/C24H24O5S/c1-3-19-6-4-5-7-22(19)23-14-18(9-8-17(23)2)15-29-20-10-12-21(13-11-20)30(27,28)16-24(25)26/h4-14H,3,15-16H2,1-2H3,(H,25,26). The fourth-order valence-corrected chi connectivity index (χ4v) is 4.34. The number of aliphatic carboxylic acids is 1. The van der Waals surface area contributed by atoms with E-state index in [-0.39, 0.29) is 4.90 Å². The van der Waals surface area contributed by atoms with Crippen LogP contribution in [0.4, 0.5) is 0 Å². The average molecular weight is 425 g/mol. The minimum absolute atomic E-state index is 0.0361. The van der Waals surface area contributed by atoms with E-state index in [4.69, 9.17) is 9.84 Å². The van der Waals surface area contributed by atoms with Crippen LogP contribution in [0.15, 0.2) is 71.6 Å². The van der Waals surface area contributed by atoms with Crippen molar-refractivity contribution in [3.8, 4) is 16.9 Å². The summed E-state index contributed by atoms with van der Waals surface area (Å²) < 4.78 is 29.8. The van der Waals surface area contributed by atoms with Gasteiger partial charge in [-0.05, 0) is 71.5 Å². The number of benzene rings is 3. The molecule has 0 spiro atoms. The number of ether oxygens (including phenoxy) is 1. The van der Waals surface area contributed by atoms with Crippen molar-refractivity contribution in [2.45, 2.75) is 31.8 Å². The molecule has 3 aromatic carbocycles. The molecule has 0 bridgehead atoms. The molecule has 3 rings (SSSR count). The first-order valence-corrected chi connectivity index (χ1v) is 11.3. The summed E-state index contributed by atoms with van der Waals surface area (Å²) in [7, 11) is -3.85. The van der Waals surface area contributed by atoms with Gasteiger partial charge >= 0.3 is 5.97 Å². The lowest BCUT2D eigenvalue weighted by Crippen LogP contribution is -2.15. The zero-order valence-corrected chi connectivity index (χ0v) is 17.8.